The smallest absolute Gasteiger partial charge is 0.322 e. The fourth-order valence-electron chi connectivity index (χ4n) is 4.05. The lowest BCUT2D eigenvalue weighted by Gasteiger charge is -2.05. The van der Waals surface area contributed by atoms with E-state index in [9.17, 15) is 23.6 Å². The first-order valence-electron chi connectivity index (χ1n) is 11.5. The Balaban J connectivity index is 0.000000139. The topological polar surface area (TPSA) is 143 Å². The fourth-order valence-corrected chi connectivity index (χ4v) is 4.05. The van der Waals surface area contributed by atoms with E-state index in [0.717, 1.165) is 18.4 Å². The molecule has 3 aliphatic rings. The van der Waals surface area contributed by atoms with Gasteiger partial charge in [0, 0.05) is 38.3 Å². The molecule has 194 valence electrons. The zero-order chi connectivity index (χ0) is 26.7. The lowest BCUT2D eigenvalue weighted by molar-refractivity contribution is -0.121. The summed E-state index contributed by atoms with van der Waals surface area (Å²) in [4.78, 5) is 49.8. The summed E-state index contributed by atoms with van der Waals surface area (Å²) in [7, 11) is 3.03. The van der Waals surface area contributed by atoms with Crippen LogP contribution in [-0.2, 0) is 16.1 Å². The lowest BCUT2D eigenvalue weighted by Crippen LogP contribution is -2.22. The number of urea groups is 1. The second-order valence-corrected chi connectivity index (χ2v) is 8.72. The Labute approximate surface area is 211 Å². The second kappa shape index (κ2) is 10.6. The number of pyridine rings is 1. The summed E-state index contributed by atoms with van der Waals surface area (Å²) in [5.74, 6) is -0.545. The van der Waals surface area contributed by atoms with Crippen LogP contribution in [0.15, 0.2) is 40.9 Å². The molecule has 5 amide bonds. The summed E-state index contributed by atoms with van der Waals surface area (Å²) >= 11 is 0. The summed E-state index contributed by atoms with van der Waals surface area (Å²) in [6, 6.07) is 7.55. The van der Waals surface area contributed by atoms with Crippen molar-refractivity contribution in [3.63, 3.8) is 0 Å². The highest BCUT2D eigenvalue weighted by Gasteiger charge is 2.33. The Morgan fingerprint density at radius 2 is 1.95 bits per heavy atom. The Morgan fingerprint density at radius 1 is 1.16 bits per heavy atom. The van der Waals surface area contributed by atoms with E-state index in [1.807, 2.05) is 6.92 Å². The van der Waals surface area contributed by atoms with Gasteiger partial charge in [0.1, 0.15) is 11.3 Å². The molecule has 12 heteroatoms. The number of hydrogen-bond donors (Lipinski definition) is 3. The number of carbonyl (C=O) groups is 4. The number of nitrogens with zero attached hydrogens (tertiary/aromatic N) is 2. The number of hydrogen-bond acceptors (Lipinski definition) is 7. The van der Waals surface area contributed by atoms with Gasteiger partial charge in [-0.25, -0.2) is 9.18 Å². The first kappa shape index (κ1) is 25.6. The highest BCUT2D eigenvalue weighted by molar-refractivity contribution is 6.04. The summed E-state index contributed by atoms with van der Waals surface area (Å²) in [6.07, 6.45) is 3.37. The standard InChI is InChI=1S/C10H10FNO2.C10H7N3O3.C5H9NO/c1-12-5-6-3-4-7(14-2)9(11)8(6)10(12)13;14-9-8(12-10(15)13-9)7-4-5-6(16-7)2-1-3-11-5;1-4-2-3-5(7)6-4/h3-4H,5H2,1-2H3;1-4,8H,(H2,12,13,14,15);4H,2-3H2,1H3,(H,6,7). The van der Waals surface area contributed by atoms with Gasteiger partial charge in [-0.1, -0.05) is 6.07 Å². The summed E-state index contributed by atoms with van der Waals surface area (Å²) < 4.78 is 23.9. The number of imide groups is 1. The monoisotopic (exact) mass is 511 g/mol. The summed E-state index contributed by atoms with van der Waals surface area (Å²) in [5.41, 5.74) is 2.11. The molecule has 2 atom stereocenters. The van der Waals surface area contributed by atoms with Gasteiger partial charge in [0.15, 0.2) is 23.2 Å². The van der Waals surface area contributed by atoms with Crippen molar-refractivity contribution in [3.8, 4) is 5.75 Å². The van der Waals surface area contributed by atoms with Crippen LogP contribution in [-0.4, -0.2) is 53.8 Å². The predicted molar refractivity (Wildman–Crippen MR) is 129 cm³/mol. The highest BCUT2D eigenvalue weighted by Crippen LogP contribution is 2.29. The molecule has 1 aromatic carbocycles. The van der Waals surface area contributed by atoms with Gasteiger partial charge in [0.2, 0.25) is 5.91 Å². The van der Waals surface area contributed by atoms with Crippen LogP contribution in [0.3, 0.4) is 0 Å². The second-order valence-electron chi connectivity index (χ2n) is 8.72. The van der Waals surface area contributed by atoms with E-state index in [1.165, 1.54) is 12.0 Å². The molecule has 0 bridgehead atoms. The van der Waals surface area contributed by atoms with Crippen LogP contribution in [0.1, 0.15) is 47.5 Å². The predicted octanol–water partition coefficient (Wildman–Crippen LogP) is 2.41. The van der Waals surface area contributed by atoms with Crippen LogP contribution < -0.4 is 20.7 Å². The molecule has 2 fully saturated rings. The molecule has 3 N–H and O–H groups in total. The Morgan fingerprint density at radius 3 is 2.51 bits per heavy atom. The Hall–Kier alpha value is -4.48. The Bertz CT molecular complexity index is 1340. The average molecular weight is 512 g/mol. The Kier molecular flexibility index (Phi) is 7.37. The summed E-state index contributed by atoms with van der Waals surface area (Å²) in [5, 5.41) is 7.38. The number of ether oxygens (including phenoxy) is 1. The van der Waals surface area contributed by atoms with E-state index in [0.29, 0.717) is 29.4 Å². The molecule has 0 spiro atoms. The highest BCUT2D eigenvalue weighted by atomic mass is 19.1. The van der Waals surface area contributed by atoms with E-state index in [4.69, 9.17) is 9.15 Å². The van der Waals surface area contributed by atoms with Crippen molar-refractivity contribution >= 4 is 34.9 Å². The molecule has 5 heterocycles. The number of halogens is 1. The molecular weight excluding hydrogens is 485 g/mol. The van der Waals surface area contributed by atoms with Crippen LogP contribution in [0.4, 0.5) is 9.18 Å². The zero-order valence-corrected chi connectivity index (χ0v) is 20.5. The van der Waals surface area contributed by atoms with E-state index in [2.05, 4.69) is 20.9 Å². The van der Waals surface area contributed by atoms with Crippen LogP contribution in [0.25, 0.3) is 11.1 Å². The van der Waals surface area contributed by atoms with Crippen molar-refractivity contribution in [1.82, 2.24) is 25.8 Å². The number of benzene rings is 1. The minimum atomic E-state index is -0.762. The number of aromatic nitrogens is 1. The third-order valence-electron chi connectivity index (χ3n) is 5.96. The van der Waals surface area contributed by atoms with Crippen molar-refractivity contribution in [3.05, 3.63) is 59.2 Å². The minimum absolute atomic E-state index is 0.118. The van der Waals surface area contributed by atoms with Gasteiger partial charge in [-0.3, -0.25) is 24.7 Å². The fraction of sp³-hybridized carbons (Fsp3) is 0.320. The summed E-state index contributed by atoms with van der Waals surface area (Å²) in [6.45, 7) is 2.49. The van der Waals surface area contributed by atoms with E-state index < -0.39 is 23.8 Å². The maximum absolute atomic E-state index is 13.6. The lowest BCUT2D eigenvalue weighted by atomic mass is 10.1. The van der Waals surface area contributed by atoms with Crippen LogP contribution in [0, 0.1) is 5.82 Å². The van der Waals surface area contributed by atoms with Gasteiger partial charge >= 0.3 is 6.03 Å². The van der Waals surface area contributed by atoms with Crippen molar-refractivity contribution < 1.29 is 32.7 Å². The van der Waals surface area contributed by atoms with Gasteiger partial charge < -0.3 is 24.7 Å². The van der Waals surface area contributed by atoms with E-state index >= 15 is 0 Å². The van der Waals surface area contributed by atoms with Gasteiger partial charge in [0.25, 0.3) is 11.8 Å². The third-order valence-corrected chi connectivity index (χ3v) is 5.96. The number of rotatable bonds is 2. The normalized spacial score (nSPS) is 19.8. The SMILES string of the molecule is CC1CCC(=O)N1.COc1ccc2c(c1F)C(=O)N(C)C2.O=C1NC(=O)C(c2cc3ncccc3o2)N1. The average Bonchev–Trinajstić information content (AvgIpc) is 3.62. The molecule has 0 radical (unpaired) electrons. The molecule has 6 rings (SSSR count). The number of amides is 5. The first-order valence-corrected chi connectivity index (χ1v) is 11.5. The van der Waals surface area contributed by atoms with Crippen LogP contribution in [0.2, 0.25) is 0 Å². The van der Waals surface area contributed by atoms with Crippen LogP contribution in [0.5, 0.6) is 5.75 Å². The minimum Gasteiger partial charge on any atom is -0.494 e. The molecule has 37 heavy (non-hydrogen) atoms. The molecule has 0 saturated carbocycles. The molecule has 2 saturated heterocycles. The molecule has 0 aliphatic carbocycles. The van der Waals surface area contributed by atoms with Gasteiger partial charge in [0.05, 0.1) is 12.7 Å². The molecule has 11 nitrogen and oxygen atoms in total. The largest absolute Gasteiger partial charge is 0.494 e. The van der Waals surface area contributed by atoms with Crippen molar-refractivity contribution in [2.75, 3.05) is 14.2 Å². The number of methoxy groups -OCH3 is 1. The molecule has 3 aliphatic heterocycles. The molecular formula is C25H26FN5O6. The van der Waals surface area contributed by atoms with Crippen molar-refractivity contribution in [2.24, 2.45) is 0 Å². The van der Waals surface area contributed by atoms with Crippen molar-refractivity contribution in [2.45, 2.75) is 38.4 Å². The number of furan rings is 1. The van der Waals surface area contributed by atoms with Gasteiger partial charge in [-0.05, 0) is 37.1 Å². The van der Waals surface area contributed by atoms with E-state index in [-0.39, 0.29) is 23.1 Å². The zero-order valence-electron chi connectivity index (χ0n) is 20.5. The van der Waals surface area contributed by atoms with Gasteiger partial charge in [-0.2, -0.15) is 0 Å². The van der Waals surface area contributed by atoms with Crippen LogP contribution >= 0.6 is 0 Å². The third kappa shape index (κ3) is 5.52. The van der Waals surface area contributed by atoms with Gasteiger partial charge in [-0.15, -0.1) is 0 Å². The van der Waals surface area contributed by atoms with Crippen molar-refractivity contribution in [1.29, 1.82) is 0 Å². The van der Waals surface area contributed by atoms with E-state index in [1.54, 1.807) is 43.6 Å². The number of fused-ring (bicyclic) bond motifs is 2. The molecule has 3 aromatic rings. The number of carbonyl (C=O) groups excluding carboxylic acids is 4. The first-order chi connectivity index (χ1) is 17.7. The molecule has 2 aromatic heterocycles. The number of nitrogens with one attached hydrogen (secondary N) is 3. The maximum Gasteiger partial charge on any atom is 0.322 e. The quantitative estimate of drug-likeness (QED) is 0.449. The maximum atomic E-state index is 13.6. The molecule has 2 unspecified atom stereocenters.